The molecular weight excluding hydrogens is 374 g/mol. The van der Waals surface area contributed by atoms with Gasteiger partial charge < -0.3 is 4.74 Å². The zero-order valence-corrected chi connectivity index (χ0v) is 11.0. The van der Waals surface area contributed by atoms with Gasteiger partial charge in [-0.1, -0.05) is 0 Å². The number of carbonyl (C=O) groups is 1. The predicted octanol–water partition coefficient (Wildman–Crippen LogP) is 4.11. The summed E-state index contributed by atoms with van der Waals surface area (Å²) in [5.74, 6) is -1.41. The van der Waals surface area contributed by atoms with Crippen molar-refractivity contribution < 1.29 is 31.5 Å². The van der Waals surface area contributed by atoms with E-state index in [-0.39, 0.29) is 0 Å². The second kappa shape index (κ2) is 5.37. The lowest BCUT2D eigenvalue weighted by atomic mass is 10.0. The van der Waals surface area contributed by atoms with E-state index in [1.165, 1.54) is 22.6 Å². The van der Waals surface area contributed by atoms with Crippen LogP contribution in [0.4, 0.5) is 22.0 Å². The molecule has 0 saturated carbocycles. The minimum Gasteiger partial charge on any atom is -0.434 e. The molecule has 0 aliphatic carbocycles. The Kier molecular flexibility index (Phi) is 4.51. The van der Waals surface area contributed by atoms with Crippen LogP contribution in [0.15, 0.2) is 12.1 Å². The molecule has 2 nitrogen and oxygen atoms in total. The molecule has 100 valence electrons. The summed E-state index contributed by atoms with van der Waals surface area (Å²) >= 11 is 1.23. The van der Waals surface area contributed by atoms with Crippen molar-refractivity contribution in [1.29, 1.82) is 0 Å². The quantitative estimate of drug-likeness (QED) is 0.448. The Hall–Kier alpha value is -0.930. The maximum atomic E-state index is 12.8. The molecule has 0 aromatic heterocycles. The summed E-state index contributed by atoms with van der Waals surface area (Å²) < 4.78 is 65.8. The van der Waals surface area contributed by atoms with Crippen molar-refractivity contribution in [2.24, 2.45) is 0 Å². The molecule has 0 fully saturated rings. The molecule has 0 amide bonds. The second-order valence-electron chi connectivity index (χ2n) is 3.23. The molecule has 0 atom stereocenters. The molecule has 0 spiro atoms. The third kappa shape index (κ3) is 3.30. The molecule has 0 radical (unpaired) electrons. The fourth-order valence-electron chi connectivity index (χ4n) is 1.31. The van der Waals surface area contributed by atoms with Gasteiger partial charge in [0.1, 0.15) is 5.75 Å². The van der Waals surface area contributed by atoms with Gasteiger partial charge in [-0.3, -0.25) is 4.79 Å². The first-order valence-electron chi connectivity index (χ1n) is 4.50. The Balaban J connectivity index is 3.45. The van der Waals surface area contributed by atoms with E-state index < -0.39 is 39.0 Å². The monoisotopic (exact) mass is 380 g/mol. The van der Waals surface area contributed by atoms with Gasteiger partial charge in [0.25, 0.3) is 0 Å². The van der Waals surface area contributed by atoms with Crippen LogP contribution in [0.2, 0.25) is 0 Å². The third-order valence-corrected chi connectivity index (χ3v) is 3.06. The molecule has 18 heavy (non-hydrogen) atoms. The van der Waals surface area contributed by atoms with Crippen LogP contribution in [0.25, 0.3) is 0 Å². The first-order valence-corrected chi connectivity index (χ1v) is 5.58. The fraction of sp³-hybridized carbons (Fsp3) is 0.300. The standard InChI is InChI=1S/C10H6F5IO2/c1-4(17)5-2-3-6(18-9(11)12)8(16)7(5)10(13,14)15/h2-3,9H,1H3. The molecule has 1 rings (SSSR count). The number of halogens is 6. The molecule has 1 aromatic rings. The lowest BCUT2D eigenvalue weighted by Gasteiger charge is -2.16. The highest BCUT2D eigenvalue weighted by Crippen LogP contribution is 2.39. The topological polar surface area (TPSA) is 26.3 Å². The summed E-state index contributed by atoms with van der Waals surface area (Å²) in [7, 11) is 0. The van der Waals surface area contributed by atoms with Crippen LogP contribution < -0.4 is 4.74 Å². The van der Waals surface area contributed by atoms with E-state index in [0.717, 1.165) is 19.1 Å². The van der Waals surface area contributed by atoms with E-state index in [2.05, 4.69) is 4.74 Å². The van der Waals surface area contributed by atoms with Crippen molar-refractivity contribution >= 4 is 28.4 Å². The molecule has 0 aliphatic heterocycles. The molecule has 0 bridgehead atoms. The third-order valence-electron chi connectivity index (χ3n) is 1.99. The van der Waals surface area contributed by atoms with Crippen molar-refractivity contribution in [2.75, 3.05) is 0 Å². The Labute approximate surface area is 112 Å². The maximum Gasteiger partial charge on any atom is 0.418 e. The summed E-state index contributed by atoms with van der Waals surface area (Å²) in [5.41, 5.74) is -1.83. The Bertz CT molecular complexity index is 470. The van der Waals surface area contributed by atoms with Crippen LogP contribution >= 0.6 is 22.6 Å². The average molecular weight is 380 g/mol. The number of hydrogen-bond acceptors (Lipinski definition) is 2. The Morgan fingerprint density at radius 3 is 2.28 bits per heavy atom. The summed E-state index contributed by atoms with van der Waals surface area (Å²) in [4.78, 5) is 11.1. The van der Waals surface area contributed by atoms with Crippen molar-refractivity contribution in [3.63, 3.8) is 0 Å². The van der Waals surface area contributed by atoms with Crippen molar-refractivity contribution in [3.05, 3.63) is 26.8 Å². The van der Waals surface area contributed by atoms with Crippen LogP contribution in [0.3, 0.4) is 0 Å². The average Bonchev–Trinajstić information content (AvgIpc) is 2.17. The summed E-state index contributed by atoms with van der Waals surface area (Å²) in [6.07, 6.45) is -4.82. The van der Waals surface area contributed by atoms with Gasteiger partial charge in [0.2, 0.25) is 0 Å². The van der Waals surface area contributed by atoms with Gasteiger partial charge in [-0.25, -0.2) is 0 Å². The zero-order valence-electron chi connectivity index (χ0n) is 8.82. The number of alkyl halides is 5. The van der Waals surface area contributed by atoms with Gasteiger partial charge in [0.15, 0.2) is 5.78 Å². The van der Waals surface area contributed by atoms with E-state index in [0.29, 0.717) is 0 Å². The number of Topliss-reactive ketones (excluding diaryl/α,β-unsaturated/α-hetero) is 1. The van der Waals surface area contributed by atoms with E-state index in [4.69, 9.17) is 0 Å². The largest absolute Gasteiger partial charge is 0.434 e. The Morgan fingerprint density at radius 1 is 1.33 bits per heavy atom. The van der Waals surface area contributed by atoms with E-state index in [1.54, 1.807) is 0 Å². The number of benzene rings is 1. The van der Waals surface area contributed by atoms with Crippen molar-refractivity contribution in [1.82, 2.24) is 0 Å². The molecule has 0 unspecified atom stereocenters. The van der Waals surface area contributed by atoms with Gasteiger partial charge in [-0.15, -0.1) is 0 Å². The van der Waals surface area contributed by atoms with Gasteiger partial charge in [-0.2, -0.15) is 22.0 Å². The predicted molar refractivity (Wildman–Crippen MR) is 60.8 cm³/mol. The first-order chi connectivity index (χ1) is 8.14. The second-order valence-corrected chi connectivity index (χ2v) is 4.31. The number of ketones is 1. The minimum atomic E-state index is -4.82. The minimum absolute atomic E-state index is 0.562. The smallest absolute Gasteiger partial charge is 0.418 e. The van der Waals surface area contributed by atoms with E-state index >= 15 is 0 Å². The molecule has 0 N–H and O–H groups in total. The molecular formula is C10H6F5IO2. The number of hydrogen-bond donors (Lipinski definition) is 0. The highest BCUT2D eigenvalue weighted by Gasteiger charge is 2.38. The number of rotatable bonds is 3. The molecule has 0 aliphatic rings. The number of carbonyl (C=O) groups excluding carboxylic acids is 1. The highest BCUT2D eigenvalue weighted by atomic mass is 127. The van der Waals surface area contributed by atoms with Crippen molar-refractivity contribution in [3.8, 4) is 5.75 Å². The molecule has 8 heteroatoms. The van der Waals surface area contributed by atoms with E-state index in [9.17, 15) is 26.7 Å². The van der Waals surface area contributed by atoms with Crippen molar-refractivity contribution in [2.45, 2.75) is 19.7 Å². The van der Waals surface area contributed by atoms with Crippen LogP contribution in [0.5, 0.6) is 5.75 Å². The normalized spacial score (nSPS) is 11.8. The summed E-state index contributed by atoms with van der Waals surface area (Å²) in [6, 6.07) is 1.74. The SMILES string of the molecule is CC(=O)c1ccc(OC(F)F)c(I)c1C(F)(F)F. The lowest BCUT2D eigenvalue weighted by molar-refractivity contribution is -0.139. The number of ether oxygens (including phenoxy) is 1. The van der Waals surface area contributed by atoms with E-state index in [1.807, 2.05) is 0 Å². The van der Waals surface area contributed by atoms with Crippen LogP contribution in [-0.4, -0.2) is 12.4 Å². The van der Waals surface area contributed by atoms with Crippen LogP contribution in [0.1, 0.15) is 22.8 Å². The maximum absolute atomic E-state index is 12.8. The zero-order chi connectivity index (χ0) is 14.1. The first kappa shape index (κ1) is 15.1. The van der Waals surface area contributed by atoms with Crippen LogP contribution in [0, 0.1) is 3.57 Å². The van der Waals surface area contributed by atoms with Gasteiger partial charge >= 0.3 is 12.8 Å². The van der Waals surface area contributed by atoms with Gasteiger partial charge in [0, 0.05) is 5.56 Å². The summed E-state index contributed by atoms with van der Waals surface area (Å²) in [6.45, 7) is -2.27. The molecule has 0 saturated heterocycles. The van der Waals surface area contributed by atoms with Gasteiger partial charge in [-0.05, 0) is 41.6 Å². The summed E-state index contributed by atoms with van der Waals surface area (Å²) in [5, 5.41) is 0. The molecule has 1 aromatic carbocycles. The Morgan fingerprint density at radius 2 is 1.89 bits per heavy atom. The highest BCUT2D eigenvalue weighted by molar-refractivity contribution is 14.1. The lowest BCUT2D eigenvalue weighted by Crippen LogP contribution is -2.16. The fourth-order valence-corrected chi connectivity index (χ4v) is 2.22. The van der Waals surface area contributed by atoms with Crippen LogP contribution in [-0.2, 0) is 6.18 Å². The molecule has 0 heterocycles. The van der Waals surface area contributed by atoms with Gasteiger partial charge in [0.05, 0.1) is 9.13 Å².